The Hall–Kier alpha value is -2.70. The lowest BCUT2D eigenvalue weighted by Gasteiger charge is -2.22. The lowest BCUT2D eigenvalue weighted by molar-refractivity contribution is -0.139. The molecule has 0 aliphatic rings. The van der Waals surface area contributed by atoms with E-state index in [0.29, 0.717) is 18.4 Å². The van der Waals surface area contributed by atoms with E-state index in [1.165, 1.54) is 6.33 Å². The van der Waals surface area contributed by atoms with Gasteiger partial charge in [0.2, 0.25) is 0 Å². The van der Waals surface area contributed by atoms with Crippen LogP contribution in [0.1, 0.15) is 49.5 Å². The molecule has 2 rings (SSSR count). The van der Waals surface area contributed by atoms with Crippen molar-refractivity contribution in [2.24, 2.45) is 5.41 Å². The van der Waals surface area contributed by atoms with Gasteiger partial charge in [0.15, 0.2) is 0 Å². The maximum Gasteiger partial charge on any atom is 0.326 e. The van der Waals surface area contributed by atoms with Crippen LogP contribution in [0.15, 0.2) is 30.9 Å². The number of aromatic nitrogens is 3. The minimum absolute atomic E-state index is 0.00773. The van der Waals surface area contributed by atoms with Gasteiger partial charge in [-0.3, -0.25) is 4.79 Å². The Balaban J connectivity index is 2.12. The number of carbonyl (C=O) groups is 2. The van der Waals surface area contributed by atoms with E-state index in [4.69, 9.17) is 0 Å². The number of nitrogens with zero attached hydrogens (tertiary/aromatic N) is 3. The molecule has 1 aromatic heterocycles. The molecule has 0 fully saturated rings. The van der Waals surface area contributed by atoms with Crippen LogP contribution in [0, 0.1) is 12.3 Å². The second kappa shape index (κ2) is 7.46. The number of carboxylic acid groups (broad SMARTS) is 1. The Labute approximate surface area is 147 Å². The number of aryl methyl sites for hydroxylation is 1. The summed E-state index contributed by atoms with van der Waals surface area (Å²) in [6, 6.07) is 4.33. The van der Waals surface area contributed by atoms with Gasteiger partial charge in [0, 0.05) is 5.56 Å². The molecule has 2 N–H and O–H groups in total. The van der Waals surface area contributed by atoms with Crippen LogP contribution in [0.4, 0.5) is 0 Å². The number of aliphatic carboxylic acids is 1. The summed E-state index contributed by atoms with van der Waals surface area (Å²) in [5, 5.41) is 16.0. The minimum atomic E-state index is -1.02. The number of rotatable bonds is 6. The van der Waals surface area contributed by atoms with Crippen LogP contribution >= 0.6 is 0 Å². The Morgan fingerprint density at radius 1 is 1.32 bits per heavy atom. The summed E-state index contributed by atoms with van der Waals surface area (Å²) in [7, 11) is 0. The highest BCUT2D eigenvalue weighted by Crippen LogP contribution is 2.22. The zero-order chi connectivity index (χ0) is 18.6. The number of hydrogen-bond acceptors (Lipinski definition) is 4. The van der Waals surface area contributed by atoms with E-state index in [9.17, 15) is 14.7 Å². The first kappa shape index (κ1) is 18.6. The molecule has 0 aliphatic carbocycles. The Morgan fingerprint density at radius 2 is 2.04 bits per heavy atom. The summed E-state index contributed by atoms with van der Waals surface area (Å²) in [4.78, 5) is 27.8. The summed E-state index contributed by atoms with van der Waals surface area (Å²) in [6.07, 6.45) is 4.10. The van der Waals surface area contributed by atoms with Gasteiger partial charge in [-0.15, -0.1) is 0 Å². The van der Waals surface area contributed by atoms with Gasteiger partial charge in [0.05, 0.1) is 5.69 Å². The molecule has 1 aromatic carbocycles. The second-order valence-corrected chi connectivity index (χ2v) is 7.30. The van der Waals surface area contributed by atoms with Crippen molar-refractivity contribution in [3.63, 3.8) is 0 Å². The maximum absolute atomic E-state index is 12.5. The quantitative estimate of drug-likeness (QED) is 0.839. The van der Waals surface area contributed by atoms with Crippen LogP contribution in [0.3, 0.4) is 0 Å². The van der Waals surface area contributed by atoms with E-state index in [-0.39, 0.29) is 11.3 Å². The molecule has 1 unspecified atom stereocenters. The average molecular weight is 344 g/mol. The van der Waals surface area contributed by atoms with E-state index in [1.54, 1.807) is 30.1 Å². The van der Waals surface area contributed by atoms with Crippen LogP contribution < -0.4 is 5.32 Å². The number of carbonyl (C=O) groups excluding carboxylic acids is 1. The van der Waals surface area contributed by atoms with Gasteiger partial charge < -0.3 is 10.4 Å². The van der Waals surface area contributed by atoms with Gasteiger partial charge in [-0.1, -0.05) is 20.8 Å². The van der Waals surface area contributed by atoms with Crippen LogP contribution in [0.5, 0.6) is 0 Å². The van der Waals surface area contributed by atoms with E-state index in [0.717, 1.165) is 11.3 Å². The van der Waals surface area contributed by atoms with Gasteiger partial charge in [0.1, 0.15) is 18.7 Å². The maximum atomic E-state index is 12.5. The molecular weight excluding hydrogens is 320 g/mol. The van der Waals surface area contributed by atoms with Crippen LogP contribution in [0.2, 0.25) is 0 Å². The molecule has 1 amide bonds. The van der Waals surface area contributed by atoms with Crippen LogP contribution in [0.25, 0.3) is 5.69 Å². The first-order valence-electron chi connectivity index (χ1n) is 8.17. The van der Waals surface area contributed by atoms with Gasteiger partial charge in [-0.2, -0.15) is 5.10 Å². The summed E-state index contributed by atoms with van der Waals surface area (Å²) in [5.74, 6) is -1.40. The van der Waals surface area contributed by atoms with Crippen molar-refractivity contribution in [2.75, 3.05) is 0 Å². The third kappa shape index (κ3) is 5.14. The molecule has 7 heteroatoms. The highest BCUT2D eigenvalue weighted by atomic mass is 16.4. The van der Waals surface area contributed by atoms with Crippen molar-refractivity contribution in [3.05, 3.63) is 42.0 Å². The fourth-order valence-corrected chi connectivity index (χ4v) is 2.46. The van der Waals surface area contributed by atoms with Crippen molar-refractivity contribution in [1.82, 2.24) is 20.1 Å². The first-order valence-corrected chi connectivity index (χ1v) is 8.17. The molecule has 2 aromatic rings. The van der Waals surface area contributed by atoms with E-state index < -0.39 is 12.0 Å². The molecule has 1 atom stereocenters. The highest BCUT2D eigenvalue weighted by molar-refractivity contribution is 5.98. The zero-order valence-electron chi connectivity index (χ0n) is 15.0. The SMILES string of the molecule is Cc1cc(-n2cncn2)ccc1C(=O)NC(CCC(C)(C)C)C(=O)O. The smallest absolute Gasteiger partial charge is 0.326 e. The Bertz CT molecular complexity index is 748. The highest BCUT2D eigenvalue weighted by Gasteiger charge is 2.24. The van der Waals surface area contributed by atoms with Crippen molar-refractivity contribution >= 4 is 11.9 Å². The summed E-state index contributed by atoms with van der Waals surface area (Å²) >= 11 is 0. The fraction of sp³-hybridized carbons (Fsp3) is 0.444. The van der Waals surface area contributed by atoms with Crippen molar-refractivity contribution in [3.8, 4) is 5.69 Å². The van der Waals surface area contributed by atoms with E-state index in [1.807, 2.05) is 26.8 Å². The monoisotopic (exact) mass is 344 g/mol. The fourth-order valence-electron chi connectivity index (χ4n) is 2.46. The topological polar surface area (TPSA) is 97.1 Å². The number of hydrogen-bond donors (Lipinski definition) is 2. The summed E-state index contributed by atoms with van der Waals surface area (Å²) in [6.45, 7) is 7.93. The minimum Gasteiger partial charge on any atom is -0.480 e. The molecule has 0 aliphatic heterocycles. The predicted octanol–water partition coefficient (Wildman–Crippen LogP) is 2.59. The predicted molar refractivity (Wildman–Crippen MR) is 93.7 cm³/mol. The standard InChI is InChI=1S/C18H24N4O3/c1-12-9-13(22-11-19-10-20-22)5-6-14(12)16(23)21-15(17(24)25)7-8-18(2,3)4/h5-6,9-11,15H,7-8H2,1-4H3,(H,21,23)(H,24,25). The number of benzene rings is 1. The van der Waals surface area contributed by atoms with Crippen molar-refractivity contribution in [1.29, 1.82) is 0 Å². The van der Waals surface area contributed by atoms with Gasteiger partial charge in [-0.25, -0.2) is 14.5 Å². The average Bonchev–Trinajstić information content (AvgIpc) is 3.04. The molecule has 7 nitrogen and oxygen atoms in total. The van der Waals surface area contributed by atoms with Crippen LogP contribution in [-0.4, -0.2) is 37.8 Å². The third-order valence-corrected chi connectivity index (χ3v) is 3.92. The van der Waals surface area contributed by atoms with Gasteiger partial charge in [-0.05, 0) is 48.9 Å². The van der Waals surface area contributed by atoms with E-state index in [2.05, 4.69) is 15.4 Å². The summed E-state index contributed by atoms with van der Waals surface area (Å²) in [5.41, 5.74) is 1.98. The molecule has 0 spiro atoms. The molecule has 0 saturated carbocycles. The largest absolute Gasteiger partial charge is 0.480 e. The van der Waals surface area contributed by atoms with Crippen molar-refractivity contribution < 1.29 is 14.7 Å². The molecule has 25 heavy (non-hydrogen) atoms. The Kier molecular flexibility index (Phi) is 5.56. The third-order valence-electron chi connectivity index (χ3n) is 3.92. The molecular formula is C18H24N4O3. The normalized spacial score (nSPS) is 12.6. The lowest BCUT2D eigenvalue weighted by atomic mass is 9.88. The lowest BCUT2D eigenvalue weighted by Crippen LogP contribution is -2.41. The molecule has 0 radical (unpaired) electrons. The number of amides is 1. The van der Waals surface area contributed by atoms with Crippen LogP contribution in [-0.2, 0) is 4.79 Å². The molecule has 1 heterocycles. The second-order valence-electron chi connectivity index (χ2n) is 7.30. The molecule has 0 bridgehead atoms. The van der Waals surface area contributed by atoms with E-state index >= 15 is 0 Å². The molecule has 134 valence electrons. The summed E-state index contributed by atoms with van der Waals surface area (Å²) < 4.78 is 1.60. The molecule has 0 saturated heterocycles. The van der Waals surface area contributed by atoms with Crippen molar-refractivity contribution in [2.45, 2.75) is 46.6 Å². The number of nitrogens with one attached hydrogen (secondary N) is 1. The van der Waals surface area contributed by atoms with Gasteiger partial charge >= 0.3 is 5.97 Å². The number of carboxylic acids is 1. The zero-order valence-corrected chi connectivity index (χ0v) is 15.0. The Morgan fingerprint density at radius 3 is 2.56 bits per heavy atom. The van der Waals surface area contributed by atoms with Gasteiger partial charge in [0.25, 0.3) is 5.91 Å². The first-order chi connectivity index (χ1) is 11.7.